The fourth-order valence-corrected chi connectivity index (χ4v) is 4.06. The smallest absolute Gasteiger partial charge is 0.255 e. The van der Waals surface area contributed by atoms with Gasteiger partial charge in [0.15, 0.2) is 0 Å². The Labute approximate surface area is 167 Å². The van der Waals surface area contributed by atoms with E-state index in [1.165, 1.54) is 0 Å². The van der Waals surface area contributed by atoms with Crippen LogP contribution >= 0.6 is 45.2 Å². The summed E-state index contributed by atoms with van der Waals surface area (Å²) < 4.78 is 7.82. The molecular weight excluding hydrogens is 528 g/mol. The lowest BCUT2D eigenvalue weighted by Crippen LogP contribution is -2.12. The molecule has 120 valence electrons. The van der Waals surface area contributed by atoms with Gasteiger partial charge in [-0.25, -0.2) is 0 Å². The van der Waals surface area contributed by atoms with Crippen molar-refractivity contribution in [2.24, 2.45) is 0 Å². The monoisotopic (exact) mass is 541 g/mol. The Bertz CT molecular complexity index is 829. The first-order valence-corrected chi connectivity index (χ1v) is 9.36. The van der Waals surface area contributed by atoms with E-state index in [1.807, 2.05) is 72.8 Å². The van der Waals surface area contributed by atoms with Crippen molar-refractivity contribution >= 4 is 56.8 Å². The van der Waals surface area contributed by atoms with Gasteiger partial charge >= 0.3 is 0 Å². The van der Waals surface area contributed by atoms with Crippen molar-refractivity contribution in [2.45, 2.75) is 0 Å². The van der Waals surface area contributed by atoms with Gasteiger partial charge in [0, 0.05) is 18.4 Å². The van der Waals surface area contributed by atoms with Gasteiger partial charge in [-0.3, -0.25) is 4.79 Å². The van der Waals surface area contributed by atoms with Crippen LogP contribution in [0.25, 0.3) is 0 Å². The molecule has 5 heteroatoms. The number of amides is 1. The van der Waals surface area contributed by atoms with Gasteiger partial charge in [-0.1, -0.05) is 18.2 Å². The lowest BCUT2D eigenvalue weighted by molar-refractivity contribution is 0.102. The molecule has 3 aromatic carbocycles. The molecule has 1 N–H and O–H groups in total. The van der Waals surface area contributed by atoms with Crippen molar-refractivity contribution in [1.82, 2.24) is 0 Å². The number of rotatable bonds is 4. The molecule has 0 spiro atoms. The molecule has 3 aromatic rings. The van der Waals surface area contributed by atoms with E-state index in [-0.39, 0.29) is 5.91 Å². The van der Waals surface area contributed by atoms with E-state index < -0.39 is 0 Å². The summed E-state index contributed by atoms with van der Waals surface area (Å²) in [4.78, 5) is 12.3. The number of carbonyl (C=O) groups is 1. The van der Waals surface area contributed by atoms with E-state index >= 15 is 0 Å². The molecule has 0 aromatic heterocycles. The van der Waals surface area contributed by atoms with Crippen molar-refractivity contribution in [3.05, 3.63) is 85.5 Å². The molecule has 0 radical (unpaired) electrons. The van der Waals surface area contributed by atoms with E-state index in [0.717, 1.165) is 24.3 Å². The Kier molecular flexibility index (Phi) is 5.72. The van der Waals surface area contributed by atoms with Crippen LogP contribution in [-0.2, 0) is 0 Å². The highest BCUT2D eigenvalue weighted by atomic mass is 127. The maximum Gasteiger partial charge on any atom is 0.255 e. The molecule has 0 aliphatic carbocycles. The predicted octanol–water partition coefficient (Wildman–Crippen LogP) is 5.94. The van der Waals surface area contributed by atoms with Crippen LogP contribution in [0.15, 0.2) is 72.8 Å². The van der Waals surface area contributed by atoms with Crippen LogP contribution < -0.4 is 10.1 Å². The first-order chi connectivity index (χ1) is 11.6. The normalized spacial score (nSPS) is 10.2. The van der Waals surface area contributed by atoms with E-state index in [0.29, 0.717) is 5.56 Å². The Balaban J connectivity index is 1.68. The van der Waals surface area contributed by atoms with Gasteiger partial charge in [-0.15, -0.1) is 0 Å². The van der Waals surface area contributed by atoms with Crippen LogP contribution in [0.4, 0.5) is 5.69 Å². The van der Waals surface area contributed by atoms with Gasteiger partial charge in [0.05, 0.1) is 0 Å². The van der Waals surface area contributed by atoms with Crippen LogP contribution in [-0.4, -0.2) is 5.91 Å². The van der Waals surface area contributed by atoms with Gasteiger partial charge < -0.3 is 10.1 Å². The molecule has 3 nitrogen and oxygen atoms in total. The van der Waals surface area contributed by atoms with Crippen LogP contribution in [0, 0.1) is 7.14 Å². The summed E-state index contributed by atoms with van der Waals surface area (Å²) in [5, 5.41) is 2.90. The molecule has 0 aliphatic rings. The third kappa shape index (κ3) is 4.70. The summed E-state index contributed by atoms with van der Waals surface area (Å²) in [7, 11) is 0. The second kappa shape index (κ2) is 7.98. The molecule has 0 aliphatic heterocycles. The minimum Gasteiger partial charge on any atom is -0.457 e. The maximum atomic E-state index is 12.3. The number of para-hydroxylation sites is 1. The zero-order chi connectivity index (χ0) is 16.9. The molecule has 1 amide bonds. The highest BCUT2D eigenvalue weighted by molar-refractivity contribution is 14.1. The van der Waals surface area contributed by atoms with Crippen LogP contribution in [0.5, 0.6) is 11.5 Å². The molecule has 0 saturated heterocycles. The predicted molar refractivity (Wildman–Crippen MR) is 113 cm³/mol. The molecule has 0 bridgehead atoms. The Morgan fingerprint density at radius 1 is 0.792 bits per heavy atom. The minimum atomic E-state index is -0.122. The van der Waals surface area contributed by atoms with Crippen molar-refractivity contribution in [2.75, 3.05) is 5.32 Å². The summed E-state index contributed by atoms with van der Waals surface area (Å²) in [6.45, 7) is 0. The number of carbonyl (C=O) groups excluding carboxylic acids is 1. The highest BCUT2D eigenvalue weighted by Crippen LogP contribution is 2.23. The molecule has 0 fully saturated rings. The molecule has 0 atom stereocenters. The lowest BCUT2D eigenvalue weighted by atomic mass is 10.2. The van der Waals surface area contributed by atoms with Gasteiger partial charge in [-0.05, 0) is 99.8 Å². The quantitative estimate of drug-likeness (QED) is 0.416. The number of hydrogen-bond donors (Lipinski definition) is 1. The van der Waals surface area contributed by atoms with Gasteiger partial charge in [-0.2, -0.15) is 0 Å². The number of ether oxygens (including phenoxy) is 1. The summed E-state index contributed by atoms with van der Waals surface area (Å²) in [5.41, 5.74) is 1.38. The van der Waals surface area contributed by atoms with Crippen molar-refractivity contribution in [3.63, 3.8) is 0 Å². The largest absolute Gasteiger partial charge is 0.457 e. The molecule has 3 rings (SSSR count). The third-order valence-corrected chi connectivity index (χ3v) is 4.46. The van der Waals surface area contributed by atoms with Gasteiger partial charge in [0.1, 0.15) is 11.5 Å². The Morgan fingerprint density at radius 2 is 1.38 bits per heavy atom. The van der Waals surface area contributed by atoms with E-state index in [4.69, 9.17) is 4.74 Å². The Hall–Kier alpha value is -1.61. The van der Waals surface area contributed by atoms with Crippen LogP contribution in [0.3, 0.4) is 0 Å². The molecule has 0 heterocycles. The zero-order valence-corrected chi connectivity index (χ0v) is 16.8. The minimum absolute atomic E-state index is 0.122. The lowest BCUT2D eigenvalue weighted by Gasteiger charge is -2.08. The standard InChI is InChI=1S/C19H13I2NO2/c20-14-10-13(11-15(21)12-14)19(23)22-16-6-8-18(9-7-16)24-17-4-2-1-3-5-17/h1-12H,(H,22,23). The molecular formula is C19H13I2NO2. The number of benzene rings is 3. The molecule has 0 saturated carbocycles. The van der Waals surface area contributed by atoms with Crippen molar-refractivity contribution in [3.8, 4) is 11.5 Å². The van der Waals surface area contributed by atoms with Crippen molar-refractivity contribution < 1.29 is 9.53 Å². The van der Waals surface area contributed by atoms with Crippen LogP contribution in [0.2, 0.25) is 0 Å². The average molecular weight is 541 g/mol. The SMILES string of the molecule is O=C(Nc1ccc(Oc2ccccc2)cc1)c1cc(I)cc(I)c1. The number of hydrogen-bond acceptors (Lipinski definition) is 2. The Morgan fingerprint density at radius 3 is 2.00 bits per heavy atom. The summed E-state index contributed by atoms with van der Waals surface area (Å²) in [5.74, 6) is 1.38. The van der Waals surface area contributed by atoms with E-state index in [1.54, 1.807) is 0 Å². The average Bonchev–Trinajstić information content (AvgIpc) is 2.57. The van der Waals surface area contributed by atoms with Crippen molar-refractivity contribution in [1.29, 1.82) is 0 Å². The fourth-order valence-electron chi connectivity index (χ4n) is 2.12. The number of anilines is 1. The summed E-state index contributed by atoms with van der Waals surface area (Å²) in [6.07, 6.45) is 0. The van der Waals surface area contributed by atoms with Gasteiger partial charge in [0.25, 0.3) is 5.91 Å². The first kappa shape index (κ1) is 17.2. The highest BCUT2D eigenvalue weighted by Gasteiger charge is 2.08. The molecule has 24 heavy (non-hydrogen) atoms. The topological polar surface area (TPSA) is 38.3 Å². The van der Waals surface area contributed by atoms with Gasteiger partial charge in [0.2, 0.25) is 0 Å². The third-order valence-electron chi connectivity index (χ3n) is 3.22. The maximum absolute atomic E-state index is 12.3. The number of nitrogens with one attached hydrogen (secondary N) is 1. The van der Waals surface area contributed by atoms with E-state index in [2.05, 4.69) is 50.5 Å². The fraction of sp³-hybridized carbons (Fsp3) is 0. The first-order valence-electron chi connectivity index (χ1n) is 7.20. The van der Waals surface area contributed by atoms with E-state index in [9.17, 15) is 4.79 Å². The zero-order valence-electron chi connectivity index (χ0n) is 12.5. The summed E-state index contributed by atoms with van der Waals surface area (Å²) in [6, 6.07) is 22.7. The second-order valence-corrected chi connectivity index (χ2v) is 7.54. The molecule has 0 unspecified atom stereocenters. The number of halogens is 2. The van der Waals surface area contributed by atoms with Crippen LogP contribution in [0.1, 0.15) is 10.4 Å². The summed E-state index contributed by atoms with van der Waals surface area (Å²) >= 11 is 4.42. The second-order valence-electron chi connectivity index (χ2n) is 5.05.